The Morgan fingerprint density at radius 3 is 2.35 bits per heavy atom. The molecule has 1 aliphatic carbocycles. The number of likely N-dealkylation sites (tertiary alicyclic amines) is 1. The first-order valence-corrected chi connectivity index (χ1v) is 7.71. The van der Waals surface area contributed by atoms with E-state index in [-0.39, 0.29) is 11.5 Å². The van der Waals surface area contributed by atoms with Crippen molar-refractivity contribution in [2.24, 2.45) is 11.3 Å². The molecule has 0 radical (unpaired) electrons. The second-order valence-corrected chi connectivity index (χ2v) is 7.47. The van der Waals surface area contributed by atoms with Gasteiger partial charge in [-0.25, -0.2) is 4.79 Å². The maximum absolute atomic E-state index is 12.1. The lowest BCUT2D eigenvalue weighted by atomic mass is 9.62. The summed E-state index contributed by atoms with van der Waals surface area (Å²) in [7, 11) is 0. The van der Waals surface area contributed by atoms with E-state index in [1.807, 2.05) is 25.7 Å². The lowest BCUT2D eigenvalue weighted by molar-refractivity contribution is -0.126. The smallest absolute Gasteiger partial charge is 0.410 e. The molecule has 0 bridgehead atoms. The van der Waals surface area contributed by atoms with Crippen molar-refractivity contribution >= 4 is 11.9 Å². The number of Topliss-reactive ketones (excluding diaryl/α,β-unsaturated/α-hetero) is 1. The average Bonchev–Trinajstić information content (AvgIpc) is 2.33. The highest BCUT2D eigenvalue weighted by molar-refractivity contribution is 5.79. The van der Waals surface area contributed by atoms with E-state index >= 15 is 0 Å². The summed E-state index contributed by atoms with van der Waals surface area (Å²) in [6.07, 6.45) is 4.23. The second kappa shape index (κ2) is 5.38. The third kappa shape index (κ3) is 3.33. The SMILES string of the molecule is CC1CC(=O)CCC12CCN(C(=O)OC(C)(C)C)CC2. The summed E-state index contributed by atoms with van der Waals surface area (Å²) < 4.78 is 5.43. The molecule has 2 rings (SSSR count). The Balaban J connectivity index is 1.92. The zero-order valence-electron chi connectivity index (χ0n) is 13.2. The summed E-state index contributed by atoms with van der Waals surface area (Å²) in [6.45, 7) is 9.39. The predicted molar refractivity (Wildman–Crippen MR) is 77.5 cm³/mol. The molecule has 114 valence electrons. The van der Waals surface area contributed by atoms with Gasteiger partial charge < -0.3 is 9.64 Å². The molecule has 1 aliphatic heterocycles. The van der Waals surface area contributed by atoms with Gasteiger partial charge in [0.2, 0.25) is 0 Å². The van der Waals surface area contributed by atoms with Crippen molar-refractivity contribution in [1.29, 1.82) is 0 Å². The molecule has 20 heavy (non-hydrogen) atoms. The summed E-state index contributed by atoms with van der Waals surface area (Å²) in [5, 5.41) is 0. The molecular weight excluding hydrogens is 254 g/mol. The molecule has 1 spiro atoms. The van der Waals surface area contributed by atoms with E-state index in [0.29, 0.717) is 18.1 Å². The van der Waals surface area contributed by atoms with Crippen LogP contribution < -0.4 is 0 Å². The van der Waals surface area contributed by atoms with E-state index in [1.165, 1.54) is 0 Å². The van der Waals surface area contributed by atoms with Crippen molar-refractivity contribution in [1.82, 2.24) is 4.90 Å². The van der Waals surface area contributed by atoms with Gasteiger partial charge in [0.25, 0.3) is 0 Å². The number of ketones is 1. The van der Waals surface area contributed by atoms with E-state index in [2.05, 4.69) is 6.92 Å². The van der Waals surface area contributed by atoms with Crippen molar-refractivity contribution in [3.8, 4) is 0 Å². The Morgan fingerprint density at radius 2 is 1.85 bits per heavy atom. The largest absolute Gasteiger partial charge is 0.444 e. The third-order valence-corrected chi connectivity index (χ3v) is 4.89. The summed E-state index contributed by atoms with van der Waals surface area (Å²) in [5.74, 6) is 0.849. The van der Waals surface area contributed by atoms with Crippen molar-refractivity contribution in [2.45, 2.75) is 65.4 Å². The topological polar surface area (TPSA) is 46.6 Å². The van der Waals surface area contributed by atoms with Crippen molar-refractivity contribution in [3.05, 3.63) is 0 Å². The molecule has 1 saturated heterocycles. The van der Waals surface area contributed by atoms with Crippen molar-refractivity contribution in [3.63, 3.8) is 0 Å². The molecule has 0 aromatic rings. The van der Waals surface area contributed by atoms with Crippen LogP contribution >= 0.6 is 0 Å². The monoisotopic (exact) mass is 281 g/mol. The Labute approximate surface area is 121 Å². The Kier molecular flexibility index (Phi) is 4.12. The van der Waals surface area contributed by atoms with Crippen LogP contribution in [-0.2, 0) is 9.53 Å². The molecule has 1 atom stereocenters. The highest BCUT2D eigenvalue weighted by atomic mass is 16.6. The molecular formula is C16H27NO3. The summed E-state index contributed by atoms with van der Waals surface area (Å²) in [4.78, 5) is 25.4. The van der Waals surface area contributed by atoms with Crippen LogP contribution in [0.15, 0.2) is 0 Å². The summed E-state index contributed by atoms with van der Waals surface area (Å²) in [6, 6.07) is 0. The molecule has 4 heteroatoms. The van der Waals surface area contributed by atoms with Gasteiger partial charge >= 0.3 is 6.09 Å². The highest BCUT2D eigenvalue weighted by Gasteiger charge is 2.43. The minimum Gasteiger partial charge on any atom is -0.444 e. The maximum atomic E-state index is 12.1. The van der Waals surface area contributed by atoms with E-state index in [0.717, 1.165) is 38.8 Å². The zero-order valence-corrected chi connectivity index (χ0v) is 13.2. The molecule has 1 heterocycles. The van der Waals surface area contributed by atoms with Crippen molar-refractivity contribution in [2.75, 3.05) is 13.1 Å². The predicted octanol–water partition coefficient (Wildman–Crippen LogP) is 3.39. The highest BCUT2D eigenvalue weighted by Crippen LogP contribution is 2.47. The number of piperidine rings is 1. The number of ether oxygens (including phenoxy) is 1. The third-order valence-electron chi connectivity index (χ3n) is 4.89. The second-order valence-electron chi connectivity index (χ2n) is 7.47. The number of rotatable bonds is 0. The summed E-state index contributed by atoms with van der Waals surface area (Å²) in [5.41, 5.74) is -0.164. The Morgan fingerprint density at radius 1 is 1.25 bits per heavy atom. The molecule has 2 fully saturated rings. The molecule has 2 aliphatic rings. The van der Waals surface area contributed by atoms with Gasteiger partial charge in [0.15, 0.2) is 0 Å². The van der Waals surface area contributed by atoms with Crippen LogP contribution in [0.25, 0.3) is 0 Å². The van der Waals surface area contributed by atoms with Gasteiger partial charge in [-0.15, -0.1) is 0 Å². The lowest BCUT2D eigenvalue weighted by Gasteiger charge is -2.47. The van der Waals surface area contributed by atoms with Crippen LogP contribution in [-0.4, -0.2) is 35.5 Å². The molecule has 0 aromatic heterocycles. The first kappa shape index (κ1) is 15.3. The van der Waals surface area contributed by atoms with Gasteiger partial charge in [-0.05, 0) is 51.4 Å². The molecule has 1 amide bonds. The fourth-order valence-corrected chi connectivity index (χ4v) is 3.50. The van der Waals surface area contributed by atoms with E-state index in [1.54, 1.807) is 0 Å². The maximum Gasteiger partial charge on any atom is 0.410 e. The van der Waals surface area contributed by atoms with Gasteiger partial charge in [0.1, 0.15) is 11.4 Å². The standard InChI is InChI=1S/C16H27NO3/c1-12-11-13(18)5-6-16(12)7-9-17(10-8-16)14(19)20-15(2,3)4/h12H,5-11H2,1-4H3. The average molecular weight is 281 g/mol. The van der Waals surface area contributed by atoms with Gasteiger partial charge in [-0.2, -0.15) is 0 Å². The van der Waals surface area contributed by atoms with Crippen LogP contribution in [0, 0.1) is 11.3 Å². The minimum absolute atomic E-state index is 0.202. The lowest BCUT2D eigenvalue weighted by Crippen LogP contribution is -2.48. The van der Waals surface area contributed by atoms with Crippen LogP contribution in [0.1, 0.15) is 59.8 Å². The van der Waals surface area contributed by atoms with E-state index in [9.17, 15) is 9.59 Å². The number of carbonyl (C=O) groups is 2. The first-order chi connectivity index (χ1) is 9.22. The molecule has 1 saturated carbocycles. The van der Waals surface area contributed by atoms with Crippen LogP contribution in [0.5, 0.6) is 0 Å². The zero-order chi connectivity index (χ0) is 15.0. The number of carbonyl (C=O) groups excluding carboxylic acids is 2. The normalized spacial score (nSPS) is 26.7. The van der Waals surface area contributed by atoms with Crippen LogP contribution in [0.4, 0.5) is 4.79 Å². The minimum atomic E-state index is -0.434. The van der Waals surface area contributed by atoms with Gasteiger partial charge in [-0.1, -0.05) is 6.92 Å². The van der Waals surface area contributed by atoms with E-state index in [4.69, 9.17) is 4.74 Å². The van der Waals surface area contributed by atoms with Crippen LogP contribution in [0.3, 0.4) is 0 Å². The van der Waals surface area contributed by atoms with Crippen molar-refractivity contribution < 1.29 is 14.3 Å². The summed E-state index contributed by atoms with van der Waals surface area (Å²) >= 11 is 0. The van der Waals surface area contributed by atoms with Gasteiger partial charge in [-0.3, -0.25) is 4.79 Å². The van der Waals surface area contributed by atoms with E-state index < -0.39 is 5.60 Å². The van der Waals surface area contributed by atoms with Gasteiger partial charge in [0.05, 0.1) is 0 Å². The first-order valence-electron chi connectivity index (χ1n) is 7.71. The fourth-order valence-electron chi connectivity index (χ4n) is 3.50. The Hall–Kier alpha value is -1.06. The quantitative estimate of drug-likeness (QED) is 0.683. The van der Waals surface area contributed by atoms with Gasteiger partial charge in [0, 0.05) is 25.9 Å². The molecule has 0 N–H and O–H groups in total. The molecule has 1 unspecified atom stereocenters. The van der Waals surface area contributed by atoms with Crippen LogP contribution in [0.2, 0.25) is 0 Å². The fraction of sp³-hybridized carbons (Fsp3) is 0.875. The Bertz CT molecular complexity index is 389. The molecule has 0 aromatic carbocycles. The molecule has 4 nitrogen and oxygen atoms in total. The number of nitrogens with zero attached hydrogens (tertiary/aromatic N) is 1. The number of hydrogen-bond donors (Lipinski definition) is 0. The number of hydrogen-bond acceptors (Lipinski definition) is 3. The number of amides is 1.